The Bertz CT molecular complexity index is 1190. The maximum atomic E-state index is 14.8. The van der Waals surface area contributed by atoms with Gasteiger partial charge in [0.2, 0.25) is 0 Å². The lowest BCUT2D eigenvalue weighted by Crippen LogP contribution is -2.58. The molecule has 0 amide bonds. The topological polar surface area (TPSA) is 23.6 Å². The number of ketones is 1. The van der Waals surface area contributed by atoms with Gasteiger partial charge in [0.25, 0.3) is 0 Å². The standard InChI is InChI=1S/C29H31FN2O/c1-20-15-21(2)17-24(16-20)29(18-26-25(28(29)33)9-6-10-27(26)30)32-13-11-31(12-14-32)19-23-8-5-4-7-22(23)3/h4-10,15-17H,11-14,18-19H2,1-3H3. The zero-order valence-electron chi connectivity index (χ0n) is 19.7. The van der Waals surface area contributed by atoms with Crippen molar-refractivity contribution in [3.8, 4) is 0 Å². The SMILES string of the molecule is Cc1cc(C)cc(C2(N3CCN(Cc4ccccc4C)CC3)Cc3c(F)cccc3C2=O)c1. The van der Waals surface area contributed by atoms with Crippen LogP contribution in [0.1, 0.15) is 43.7 Å². The summed E-state index contributed by atoms with van der Waals surface area (Å²) in [5, 5.41) is 0. The Labute approximate surface area is 195 Å². The van der Waals surface area contributed by atoms with E-state index in [1.54, 1.807) is 12.1 Å². The Morgan fingerprint density at radius 1 is 0.879 bits per heavy atom. The first-order valence-electron chi connectivity index (χ1n) is 11.8. The third-order valence-corrected chi connectivity index (χ3v) is 7.44. The van der Waals surface area contributed by atoms with Gasteiger partial charge in [0.05, 0.1) is 0 Å². The molecule has 33 heavy (non-hydrogen) atoms. The highest BCUT2D eigenvalue weighted by Gasteiger charge is 2.52. The first kappa shape index (κ1) is 22.0. The predicted molar refractivity (Wildman–Crippen MR) is 130 cm³/mol. The average Bonchev–Trinajstić information content (AvgIpc) is 3.10. The van der Waals surface area contributed by atoms with Crippen LogP contribution in [0.15, 0.2) is 60.7 Å². The normalized spacial score (nSPS) is 21.4. The van der Waals surface area contributed by atoms with Crippen molar-refractivity contribution in [2.45, 2.75) is 39.3 Å². The molecule has 0 radical (unpaired) electrons. The molecule has 3 nitrogen and oxygen atoms in total. The van der Waals surface area contributed by atoms with Gasteiger partial charge in [-0.15, -0.1) is 0 Å². The Morgan fingerprint density at radius 3 is 2.24 bits per heavy atom. The summed E-state index contributed by atoms with van der Waals surface area (Å²) >= 11 is 0. The van der Waals surface area contributed by atoms with E-state index in [0.29, 0.717) is 17.5 Å². The van der Waals surface area contributed by atoms with Crippen LogP contribution in [0.25, 0.3) is 0 Å². The molecule has 1 atom stereocenters. The maximum Gasteiger partial charge on any atom is 0.188 e. The summed E-state index contributed by atoms with van der Waals surface area (Å²) in [7, 11) is 0. The molecule has 0 bridgehead atoms. The number of carbonyl (C=O) groups is 1. The number of rotatable bonds is 4. The summed E-state index contributed by atoms with van der Waals surface area (Å²) in [4.78, 5) is 18.8. The van der Waals surface area contributed by atoms with E-state index in [4.69, 9.17) is 0 Å². The fourth-order valence-corrected chi connectivity index (χ4v) is 5.71. The second kappa shape index (κ2) is 8.51. The fraction of sp³-hybridized carbons (Fsp3) is 0.345. The van der Waals surface area contributed by atoms with Crippen molar-refractivity contribution >= 4 is 5.78 Å². The zero-order valence-corrected chi connectivity index (χ0v) is 19.7. The van der Waals surface area contributed by atoms with E-state index in [2.05, 4.69) is 73.0 Å². The molecule has 1 unspecified atom stereocenters. The quantitative estimate of drug-likeness (QED) is 0.555. The van der Waals surface area contributed by atoms with E-state index in [-0.39, 0.29) is 11.6 Å². The number of benzene rings is 3. The molecule has 3 aromatic carbocycles. The number of aryl methyl sites for hydroxylation is 3. The minimum absolute atomic E-state index is 0.0364. The Morgan fingerprint density at radius 2 is 1.58 bits per heavy atom. The summed E-state index contributed by atoms with van der Waals surface area (Å²) in [5.41, 5.74) is 6.17. The molecule has 1 heterocycles. The molecule has 5 rings (SSSR count). The van der Waals surface area contributed by atoms with Crippen LogP contribution in [-0.4, -0.2) is 41.8 Å². The Balaban J connectivity index is 1.48. The van der Waals surface area contributed by atoms with Gasteiger partial charge in [0.15, 0.2) is 5.78 Å². The first-order valence-corrected chi connectivity index (χ1v) is 11.8. The predicted octanol–water partition coefficient (Wildman–Crippen LogP) is 5.20. The Kier molecular flexibility index (Phi) is 5.67. The van der Waals surface area contributed by atoms with Crippen LogP contribution in [0.4, 0.5) is 4.39 Å². The van der Waals surface area contributed by atoms with Gasteiger partial charge in [0, 0.05) is 50.3 Å². The van der Waals surface area contributed by atoms with Crippen molar-refractivity contribution in [1.29, 1.82) is 0 Å². The van der Waals surface area contributed by atoms with E-state index in [9.17, 15) is 9.18 Å². The van der Waals surface area contributed by atoms with E-state index in [0.717, 1.165) is 49.4 Å². The summed E-state index contributed by atoms with van der Waals surface area (Å²) in [6.45, 7) is 10.5. The van der Waals surface area contributed by atoms with Gasteiger partial charge >= 0.3 is 0 Å². The highest BCUT2D eigenvalue weighted by molar-refractivity contribution is 6.08. The van der Waals surface area contributed by atoms with Gasteiger partial charge in [0.1, 0.15) is 11.4 Å². The van der Waals surface area contributed by atoms with Gasteiger partial charge in [-0.05, 0) is 43.5 Å². The molecule has 1 aliphatic carbocycles. The molecule has 2 aliphatic rings. The van der Waals surface area contributed by atoms with Gasteiger partial charge < -0.3 is 0 Å². The third kappa shape index (κ3) is 3.81. The molecule has 4 heteroatoms. The number of Topliss-reactive ketones (excluding diaryl/α,β-unsaturated/α-hetero) is 1. The van der Waals surface area contributed by atoms with Crippen molar-refractivity contribution in [1.82, 2.24) is 9.80 Å². The highest BCUT2D eigenvalue weighted by Crippen LogP contribution is 2.44. The van der Waals surface area contributed by atoms with Crippen molar-refractivity contribution in [2.75, 3.05) is 26.2 Å². The van der Waals surface area contributed by atoms with E-state index in [1.807, 2.05) is 0 Å². The minimum Gasteiger partial charge on any atom is -0.297 e. The lowest BCUT2D eigenvalue weighted by molar-refractivity contribution is 0.0286. The molecular weight excluding hydrogens is 411 g/mol. The molecule has 1 aliphatic heterocycles. The van der Waals surface area contributed by atoms with Gasteiger partial charge in [-0.2, -0.15) is 0 Å². The molecule has 1 fully saturated rings. The summed E-state index contributed by atoms with van der Waals surface area (Å²) < 4.78 is 14.8. The average molecular weight is 443 g/mol. The van der Waals surface area contributed by atoms with Crippen LogP contribution in [0.5, 0.6) is 0 Å². The van der Waals surface area contributed by atoms with Crippen molar-refractivity contribution in [2.24, 2.45) is 0 Å². The molecule has 170 valence electrons. The van der Waals surface area contributed by atoms with Crippen LogP contribution in [0, 0.1) is 26.6 Å². The number of hydrogen-bond acceptors (Lipinski definition) is 3. The fourth-order valence-electron chi connectivity index (χ4n) is 5.71. The highest BCUT2D eigenvalue weighted by atomic mass is 19.1. The molecule has 3 aromatic rings. The molecular formula is C29H31FN2O. The zero-order chi connectivity index (χ0) is 23.2. The summed E-state index contributed by atoms with van der Waals surface area (Å²) in [6, 6.07) is 19.8. The lowest BCUT2D eigenvalue weighted by atomic mass is 9.82. The van der Waals surface area contributed by atoms with E-state index in [1.165, 1.54) is 17.2 Å². The number of fused-ring (bicyclic) bond motifs is 1. The molecule has 0 aromatic heterocycles. The molecule has 0 saturated carbocycles. The number of halogens is 1. The molecule has 0 N–H and O–H groups in total. The van der Waals surface area contributed by atoms with Gasteiger partial charge in [-0.25, -0.2) is 4.39 Å². The van der Waals surface area contributed by atoms with Crippen LogP contribution in [0.3, 0.4) is 0 Å². The van der Waals surface area contributed by atoms with Gasteiger partial charge in [-0.1, -0.05) is 65.7 Å². The number of nitrogens with zero attached hydrogens (tertiary/aromatic N) is 2. The van der Waals surface area contributed by atoms with Crippen molar-refractivity contribution in [3.63, 3.8) is 0 Å². The minimum atomic E-state index is -0.837. The number of carbonyl (C=O) groups excluding carboxylic acids is 1. The third-order valence-electron chi connectivity index (χ3n) is 7.44. The van der Waals surface area contributed by atoms with Crippen molar-refractivity contribution in [3.05, 3.63) is 105 Å². The van der Waals surface area contributed by atoms with E-state index >= 15 is 0 Å². The van der Waals surface area contributed by atoms with Crippen LogP contribution < -0.4 is 0 Å². The second-order valence-electron chi connectivity index (χ2n) is 9.70. The first-order chi connectivity index (χ1) is 15.9. The maximum absolute atomic E-state index is 14.8. The number of piperazine rings is 1. The lowest BCUT2D eigenvalue weighted by Gasteiger charge is -2.45. The monoisotopic (exact) mass is 442 g/mol. The smallest absolute Gasteiger partial charge is 0.188 e. The molecule has 0 spiro atoms. The van der Waals surface area contributed by atoms with Gasteiger partial charge in [-0.3, -0.25) is 14.6 Å². The number of hydrogen-bond donors (Lipinski definition) is 0. The van der Waals surface area contributed by atoms with Crippen molar-refractivity contribution < 1.29 is 9.18 Å². The second-order valence-corrected chi connectivity index (χ2v) is 9.70. The van der Waals surface area contributed by atoms with Crippen LogP contribution >= 0.6 is 0 Å². The van der Waals surface area contributed by atoms with Crippen LogP contribution in [0.2, 0.25) is 0 Å². The largest absolute Gasteiger partial charge is 0.297 e. The summed E-state index contributed by atoms with van der Waals surface area (Å²) in [5.74, 6) is -0.236. The summed E-state index contributed by atoms with van der Waals surface area (Å²) in [6.07, 6.45) is 0.397. The van der Waals surface area contributed by atoms with Crippen LogP contribution in [-0.2, 0) is 18.5 Å². The Hall–Kier alpha value is -2.82. The van der Waals surface area contributed by atoms with E-state index < -0.39 is 5.54 Å². The molecule has 1 saturated heterocycles.